The SMILES string of the molecule is COc1cccc(/C=C/C(=O)NCCc2ccc(F)cc2)c1. The van der Waals surface area contributed by atoms with E-state index in [-0.39, 0.29) is 11.7 Å². The van der Waals surface area contributed by atoms with Gasteiger partial charge in [0.25, 0.3) is 0 Å². The van der Waals surface area contributed by atoms with Gasteiger partial charge in [0, 0.05) is 12.6 Å². The van der Waals surface area contributed by atoms with E-state index >= 15 is 0 Å². The van der Waals surface area contributed by atoms with Gasteiger partial charge in [-0.15, -0.1) is 0 Å². The number of rotatable bonds is 6. The van der Waals surface area contributed by atoms with Crippen LogP contribution in [0, 0.1) is 5.82 Å². The molecule has 0 unspecified atom stereocenters. The maximum absolute atomic E-state index is 12.8. The molecule has 4 heteroatoms. The molecule has 0 radical (unpaired) electrons. The summed E-state index contributed by atoms with van der Waals surface area (Å²) >= 11 is 0. The summed E-state index contributed by atoms with van der Waals surface area (Å²) < 4.78 is 17.9. The largest absolute Gasteiger partial charge is 0.497 e. The molecule has 0 aliphatic carbocycles. The van der Waals surface area contributed by atoms with Crippen molar-refractivity contribution >= 4 is 12.0 Å². The van der Waals surface area contributed by atoms with Gasteiger partial charge in [-0.05, 0) is 47.9 Å². The topological polar surface area (TPSA) is 38.3 Å². The van der Waals surface area contributed by atoms with E-state index in [1.807, 2.05) is 24.3 Å². The zero-order valence-corrected chi connectivity index (χ0v) is 12.4. The van der Waals surface area contributed by atoms with Crippen LogP contribution >= 0.6 is 0 Å². The van der Waals surface area contributed by atoms with Crippen LogP contribution < -0.4 is 10.1 Å². The summed E-state index contributed by atoms with van der Waals surface area (Å²) in [6.45, 7) is 0.507. The second-order valence-corrected chi connectivity index (χ2v) is 4.78. The Balaban J connectivity index is 1.79. The van der Waals surface area contributed by atoms with Crippen LogP contribution in [-0.2, 0) is 11.2 Å². The highest BCUT2D eigenvalue weighted by Crippen LogP contribution is 2.13. The maximum atomic E-state index is 12.8. The van der Waals surface area contributed by atoms with Gasteiger partial charge in [-0.3, -0.25) is 4.79 Å². The summed E-state index contributed by atoms with van der Waals surface area (Å²) in [5.74, 6) is 0.331. The van der Waals surface area contributed by atoms with E-state index in [9.17, 15) is 9.18 Å². The number of hydrogen-bond acceptors (Lipinski definition) is 2. The third-order valence-corrected chi connectivity index (χ3v) is 3.15. The summed E-state index contributed by atoms with van der Waals surface area (Å²) in [6.07, 6.45) is 3.88. The molecule has 1 amide bonds. The first-order chi connectivity index (χ1) is 10.7. The molecule has 3 nitrogen and oxygen atoms in total. The smallest absolute Gasteiger partial charge is 0.244 e. The Morgan fingerprint density at radius 3 is 2.73 bits per heavy atom. The lowest BCUT2D eigenvalue weighted by Crippen LogP contribution is -2.23. The molecule has 22 heavy (non-hydrogen) atoms. The van der Waals surface area contributed by atoms with Gasteiger partial charge >= 0.3 is 0 Å². The number of benzene rings is 2. The molecule has 1 N–H and O–H groups in total. The lowest BCUT2D eigenvalue weighted by molar-refractivity contribution is -0.116. The Kier molecular flexibility index (Phi) is 5.72. The molecule has 2 aromatic rings. The molecule has 0 bridgehead atoms. The van der Waals surface area contributed by atoms with Crippen molar-refractivity contribution in [2.24, 2.45) is 0 Å². The van der Waals surface area contributed by atoms with Crippen molar-refractivity contribution in [3.05, 3.63) is 71.6 Å². The van der Waals surface area contributed by atoms with Gasteiger partial charge in [-0.1, -0.05) is 24.3 Å². The maximum Gasteiger partial charge on any atom is 0.244 e. The Morgan fingerprint density at radius 1 is 1.23 bits per heavy atom. The molecule has 0 atom stereocenters. The van der Waals surface area contributed by atoms with Crippen LogP contribution in [0.2, 0.25) is 0 Å². The van der Waals surface area contributed by atoms with Crippen LogP contribution in [0.4, 0.5) is 4.39 Å². The van der Waals surface area contributed by atoms with Gasteiger partial charge in [0.05, 0.1) is 7.11 Å². The number of methoxy groups -OCH3 is 1. The van der Waals surface area contributed by atoms with Crippen molar-refractivity contribution in [3.8, 4) is 5.75 Å². The summed E-state index contributed by atoms with van der Waals surface area (Å²) in [4.78, 5) is 11.7. The number of halogens is 1. The van der Waals surface area contributed by atoms with Crippen LogP contribution in [0.3, 0.4) is 0 Å². The average molecular weight is 299 g/mol. The molecule has 2 aromatic carbocycles. The Labute approximate surface area is 129 Å². The zero-order valence-electron chi connectivity index (χ0n) is 12.4. The Bertz CT molecular complexity index is 650. The number of hydrogen-bond donors (Lipinski definition) is 1. The van der Waals surface area contributed by atoms with Gasteiger partial charge in [-0.2, -0.15) is 0 Å². The minimum Gasteiger partial charge on any atom is -0.497 e. The van der Waals surface area contributed by atoms with Crippen LogP contribution in [0.25, 0.3) is 6.08 Å². The Morgan fingerprint density at radius 2 is 2.00 bits per heavy atom. The predicted molar refractivity (Wildman–Crippen MR) is 85.1 cm³/mol. The van der Waals surface area contributed by atoms with Crippen molar-refractivity contribution < 1.29 is 13.9 Å². The second kappa shape index (κ2) is 7.98. The quantitative estimate of drug-likeness (QED) is 0.832. The van der Waals surface area contributed by atoms with E-state index in [1.54, 1.807) is 25.3 Å². The van der Waals surface area contributed by atoms with Crippen LogP contribution in [0.1, 0.15) is 11.1 Å². The van der Waals surface area contributed by atoms with Crippen molar-refractivity contribution in [3.63, 3.8) is 0 Å². The van der Waals surface area contributed by atoms with E-state index in [4.69, 9.17) is 4.74 Å². The number of carbonyl (C=O) groups is 1. The van der Waals surface area contributed by atoms with Gasteiger partial charge in [0.1, 0.15) is 11.6 Å². The number of carbonyl (C=O) groups excluding carboxylic acids is 1. The van der Waals surface area contributed by atoms with Gasteiger partial charge < -0.3 is 10.1 Å². The minimum absolute atomic E-state index is 0.162. The van der Waals surface area contributed by atoms with Crippen molar-refractivity contribution in [1.82, 2.24) is 5.32 Å². The molecule has 0 fully saturated rings. The van der Waals surface area contributed by atoms with Crippen LogP contribution in [-0.4, -0.2) is 19.6 Å². The highest BCUT2D eigenvalue weighted by atomic mass is 19.1. The number of ether oxygens (including phenoxy) is 1. The predicted octanol–water partition coefficient (Wildman–Crippen LogP) is 3.21. The fraction of sp³-hybridized carbons (Fsp3) is 0.167. The molecule has 2 rings (SSSR count). The summed E-state index contributed by atoms with van der Waals surface area (Å²) in [6, 6.07) is 13.7. The molecule has 0 heterocycles. The molecule has 114 valence electrons. The first kappa shape index (κ1) is 15.8. The molecule has 0 spiro atoms. The third kappa shape index (κ3) is 5.05. The van der Waals surface area contributed by atoms with Crippen molar-refractivity contribution in [2.45, 2.75) is 6.42 Å². The summed E-state index contributed by atoms with van der Waals surface area (Å²) in [7, 11) is 1.60. The van der Waals surface area contributed by atoms with Crippen molar-refractivity contribution in [2.75, 3.05) is 13.7 Å². The van der Waals surface area contributed by atoms with Gasteiger partial charge in [-0.25, -0.2) is 4.39 Å². The van der Waals surface area contributed by atoms with E-state index in [0.29, 0.717) is 13.0 Å². The lowest BCUT2D eigenvalue weighted by Gasteiger charge is -2.03. The first-order valence-electron chi connectivity index (χ1n) is 7.02. The van der Waals surface area contributed by atoms with E-state index in [0.717, 1.165) is 16.9 Å². The summed E-state index contributed by atoms with van der Waals surface area (Å²) in [5, 5.41) is 2.79. The van der Waals surface area contributed by atoms with Crippen LogP contribution in [0.15, 0.2) is 54.6 Å². The molecule has 0 aliphatic heterocycles. The fourth-order valence-corrected chi connectivity index (χ4v) is 1.96. The third-order valence-electron chi connectivity index (χ3n) is 3.15. The fourth-order valence-electron chi connectivity index (χ4n) is 1.96. The molecular weight excluding hydrogens is 281 g/mol. The van der Waals surface area contributed by atoms with Crippen molar-refractivity contribution in [1.29, 1.82) is 0 Å². The lowest BCUT2D eigenvalue weighted by atomic mass is 10.1. The van der Waals surface area contributed by atoms with E-state index in [2.05, 4.69) is 5.32 Å². The zero-order chi connectivity index (χ0) is 15.8. The highest BCUT2D eigenvalue weighted by Gasteiger charge is 1.98. The van der Waals surface area contributed by atoms with Gasteiger partial charge in [0.2, 0.25) is 5.91 Å². The summed E-state index contributed by atoms with van der Waals surface area (Å²) in [5.41, 5.74) is 1.88. The molecule has 0 aliphatic rings. The highest BCUT2D eigenvalue weighted by molar-refractivity contribution is 5.91. The average Bonchev–Trinajstić information content (AvgIpc) is 2.55. The molecule has 0 aromatic heterocycles. The molecular formula is C18H18FNO2. The van der Waals surface area contributed by atoms with E-state index in [1.165, 1.54) is 18.2 Å². The van der Waals surface area contributed by atoms with Crippen LogP contribution in [0.5, 0.6) is 5.75 Å². The normalized spacial score (nSPS) is 10.6. The van der Waals surface area contributed by atoms with Gasteiger partial charge in [0.15, 0.2) is 0 Å². The number of nitrogens with one attached hydrogen (secondary N) is 1. The molecule has 0 saturated heterocycles. The van der Waals surface area contributed by atoms with E-state index < -0.39 is 0 Å². The first-order valence-corrected chi connectivity index (χ1v) is 7.02. The second-order valence-electron chi connectivity index (χ2n) is 4.78. The Hall–Kier alpha value is -2.62. The standard InChI is InChI=1S/C18H18FNO2/c1-22-17-4-2-3-15(13-17)7-10-18(21)20-12-11-14-5-8-16(19)9-6-14/h2-10,13H,11-12H2,1H3,(H,20,21)/b10-7+. The number of amides is 1. The molecule has 0 saturated carbocycles. The minimum atomic E-state index is -0.256. The monoisotopic (exact) mass is 299 g/mol.